The lowest BCUT2D eigenvalue weighted by Gasteiger charge is -2.22. The lowest BCUT2D eigenvalue weighted by atomic mass is 10.1. The number of aromatic amines is 1. The molecule has 0 aliphatic rings. The van der Waals surface area contributed by atoms with Gasteiger partial charge in [-0.2, -0.15) is 0 Å². The van der Waals surface area contributed by atoms with Gasteiger partial charge in [0.1, 0.15) is 6.10 Å². The van der Waals surface area contributed by atoms with E-state index in [1.54, 1.807) is 0 Å². The van der Waals surface area contributed by atoms with Crippen molar-refractivity contribution in [3.05, 3.63) is 42.2 Å². The predicted octanol–water partition coefficient (Wildman–Crippen LogP) is 2.50. The van der Waals surface area contributed by atoms with Crippen molar-refractivity contribution >= 4 is 0 Å². The van der Waals surface area contributed by atoms with Crippen LogP contribution in [0.25, 0.3) is 11.4 Å². The summed E-state index contributed by atoms with van der Waals surface area (Å²) in [5, 5.41) is 13.4. The molecule has 0 bridgehead atoms. The molecule has 0 aromatic carbocycles. The number of pyridine rings is 1. The summed E-state index contributed by atoms with van der Waals surface area (Å²) in [5.41, 5.74) is 2.47. The molecular formula is C15H21N3O. The summed E-state index contributed by atoms with van der Waals surface area (Å²) in [5.74, 6) is 0. The third-order valence-electron chi connectivity index (χ3n) is 2.81. The predicted molar refractivity (Wildman–Crippen MR) is 76.7 cm³/mol. The molecular weight excluding hydrogens is 238 g/mol. The van der Waals surface area contributed by atoms with Gasteiger partial charge in [0.2, 0.25) is 0 Å². The Morgan fingerprint density at radius 2 is 2.05 bits per heavy atom. The van der Waals surface area contributed by atoms with Crippen LogP contribution in [0, 0.1) is 0 Å². The Morgan fingerprint density at radius 1 is 1.26 bits per heavy atom. The summed E-state index contributed by atoms with van der Waals surface area (Å²) in [6, 6.07) is 9.59. The molecule has 0 radical (unpaired) electrons. The SMILES string of the molecule is CC(C)(C)NC[C@H](O)c1cccc(-c2ccc[nH]2)n1. The van der Waals surface area contributed by atoms with Gasteiger partial charge in [-0.1, -0.05) is 6.07 Å². The van der Waals surface area contributed by atoms with E-state index in [2.05, 4.69) is 36.1 Å². The zero-order valence-electron chi connectivity index (χ0n) is 11.6. The number of β-amino-alcohol motifs (C(OH)–C–C–N with tert-alkyl or cyclic N) is 1. The van der Waals surface area contributed by atoms with Crippen LogP contribution in [0.15, 0.2) is 36.5 Å². The highest BCUT2D eigenvalue weighted by atomic mass is 16.3. The molecule has 2 heterocycles. The molecule has 0 saturated heterocycles. The highest BCUT2D eigenvalue weighted by molar-refractivity contribution is 5.54. The molecule has 2 aromatic heterocycles. The fourth-order valence-electron chi connectivity index (χ4n) is 1.78. The van der Waals surface area contributed by atoms with Gasteiger partial charge in [-0.3, -0.25) is 0 Å². The molecule has 0 spiro atoms. The van der Waals surface area contributed by atoms with Crippen LogP contribution in [-0.4, -0.2) is 27.2 Å². The third-order valence-corrected chi connectivity index (χ3v) is 2.81. The summed E-state index contributed by atoms with van der Waals surface area (Å²) < 4.78 is 0. The summed E-state index contributed by atoms with van der Waals surface area (Å²) >= 11 is 0. The summed E-state index contributed by atoms with van der Waals surface area (Å²) in [6.07, 6.45) is 1.26. The highest BCUT2D eigenvalue weighted by Crippen LogP contribution is 2.18. The number of rotatable bonds is 4. The average molecular weight is 259 g/mol. The Bertz CT molecular complexity index is 514. The fourth-order valence-corrected chi connectivity index (χ4v) is 1.78. The van der Waals surface area contributed by atoms with Crippen LogP contribution in [0.1, 0.15) is 32.6 Å². The first kappa shape index (κ1) is 13.8. The third kappa shape index (κ3) is 3.91. The van der Waals surface area contributed by atoms with E-state index >= 15 is 0 Å². The van der Waals surface area contributed by atoms with Gasteiger partial charge in [-0.15, -0.1) is 0 Å². The number of aromatic nitrogens is 2. The van der Waals surface area contributed by atoms with Crippen molar-refractivity contribution in [2.24, 2.45) is 0 Å². The normalized spacial score (nSPS) is 13.5. The van der Waals surface area contributed by atoms with Crippen LogP contribution in [-0.2, 0) is 0 Å². The number of aliphatic hydroxyl groups excluding tert-OH is 1. The van der Waals surface area contributed by atoms with Crippen molar-refractivity contribution in [1.82, 2.24) is 15.3 Å². The maximum Gasteiger partial charge on any atom is 0.108 e. The topological polar surface area (TPSA) is 60.9 Å². The minimum absolute atomic E-state index is 0.0158. The van der Waals surface area contributed by atoms with Crippen LogP contribution in [0.5, 0.6) is 0 Å². The first-order valence-electron chi connectivity index (χ1n) is 6.49. The smallest absolute Gasteiger partial charge is 0.108 e. The van der Waals surface area contributed by atoms with E-state index < -0.39 is 6.10 Å². The van der Waals surface area contributed by atoms with Gasteiger partial charge in [-0.25, -0.2) is 4.98 Å². The van der Waals surface area contributed by atoms with Crippen molar-refractivity contribution < 1.29 is 5.11 Å². The molecule has 2 aromatic rings. The van der Waals surface area contributed by atoms with Gasteiger partial charge in [0.15, 0.2) is 0 Å². The zero-order valence-corrected chi connectivity index (χ0v) is 11.6. The minimum atomic E-state index is -0.603. The lowest BCUT2D eigenvalue weighted by Crippen LogP contribution is -2.38. The molecule has 0 aliphatic heterocycles. The van der Waals surface area contributed by atoms with Crippen LogP contribution >= 0.6 is 0 Å². The minimum Gasteiger partial charge on any atom is -0.385 e. The van der Waals surface area contributed by atoms with Crippen molar-refractivity contribution in [3.63, 3.8) is 0 Å². The Hall–Kier alpha value is -1.65. The summed E-state index contributed by atoms with van der Waals surface area (Å²) in [4.78, 5) is 7.61. The number of H-pyrrole nitrogens is 1. The second-order valence-electron chi connectivity index (χ2n) is 5.68. The molecule has 0 saturated carbocycles. The fraction of sp³-hybridized carbons (Fsp3) is 0.400. The van der Waals surface area contributed by atoms with Crippen LogP contribution in [0.4, 0.5) is 0 Å². The largest absolute Gasteiger partial charge is 0.385 e. The van der Waals surface area contributed by atoms with Gasteiger partial charge < -0.3 is 15.4 Å². The van der Waals surface area contributed by atoms with Crippen LogP contribution in [0.2, 0.25) is 0 Å². The standard InChI is InChI=1S/C15H21N3O/c1-15(2,3)17-10-14(19)13-7-4-6-12(18-13)11-8-5-9-16-11/h4-9,14,16-17,19H,10H2,1-3H3/t14-/m0/s1. The van der Waals surface area contributed by atoms with Crippen molar-refractivity contribution in [3.8, 4) is 11.4 Å². The quantitative estimate of drug-likeness (QED) is 0.790. The van der Waals surface area contributed by atoms with Crippen molar-refractivity contribution in [2.45, 2.75) is 32.4 Å². The molecule has 2 rings (SSSR count). The molecule has 3 N–H and O–H groups in total. The summed E-state index contributed by atoms with van der Waals surface area (Å²) in [6.45, 7) is 6.71. The second-order valence-corrected chi connectivity index (χ2v) is 5.68. The maximum atomic E-state index is 10.2. The van der Waals surface area contributed by atoms with E-state index in [0.717, 1.165) is 11.4 Å². The molecule has 19 heavy (non-hydrogen) atoms. The lowest BCUT2D eigenvalue weighted by molar-refractivity contribution is 0.159. The average Bonchev–Trinajstić information content (AvgIpc) is 2.89. The van der Waals surface area contributed by atoms with Gasteiger partial charge in [0.25, 0.3) is 0 Å². The van der Waals surface area contributed by atoms with E-state index in [4.69, 9.17) is 0 Å². The Balaban J connectivity index is 2.10. The van der Waals surface area contributed by atoms with Crippen molar-refractivity contribution in [2.75, 3.05) is 6.54 Å². The van der Waals surface area contributed by atoms with E-state index in [9.17, 15) is 5.11 Å². The van der Waals surface area contributed by atoms with Crippen LogP contribution in [0.3, 0.4) is 0 Å². The molecule has 102 valence electrons. The molecule has 0 fully saturated rings. The Kier molecular flexibility index (Phi) is 4.02. The van der Waals surface area contributed by atoms with E-state index in [0.29, 0.717) is 12.2 Å². The number of nitrogens with zero attached hydrogens (tertiary/aromatic N) is 1. The zero-order chi connectivity index (χ0) is 13.9. The van der Waals surface area contributed by atoms with E-state index in [-0.39, 0.29) is 5.54 Å². The summed E-state index contributed by atoms with van der Waals surface area (Å²) in [7, 11) is 0. The van der Waals surface area contributed by atoms with Gasteiger partial charge in [0.05, 0.1) is 17.1 Å². The second kappa shape index (κ2) is 5.55. The van der Waals surface area contributed by atoms with Crippen LogP contribution < -0.4 is 5.32 Å². The molecule has 4 heteroatoms. The van der Waals surface area contributed by atoms with Gasteiger partial charge in [-0.05, 0) is 45.0 Å². The monoisotopic (exact) mass is 259 g/mol. The number of hydrogen-bond acceptors (Lipinski definition) is 3. The molecule has 0 amide bonds. The van der Waals surface area contributed by atoms with Gasteiger partial charge >= 0.3 is 0 Å². The highest BCUT2D eigenvalue weighted by Gasteiger charge is 2.15. The van der Waals surface area contributed by atoms with Crippen molar-refractivity contribution in [1.29, 1.82) is 0 Å². The molecule has 1 atom stereocenters. The molecule has 0 unspecified atom stereocenters. The molecule has 0 aliphatic carbocycles. The maximum absolute atomic E-state index is 10.2. The first-order valence-corrected chi connectivity index (χ1v) is 6.49. The first-order chi connectivity index (χ1) is 8.96. The Labute approximate surface area is 113 Å². The number of hydrogen-bond donors (Lipinski definition) is 3. The van der Waals surface area contributed by atoms with Gasteiger partial charge in [0, 0.05) is 18.3 Å². The number of aliphatic hydroxyl groups is 1. The van der Waals surface area contributed by atoms with E-state index in [1.165, 1.54) is 0 Å². The van der Waals surface area contributed by atoms with E-state index in [1.807, 2.05) is 36.5 Å². The number of nitrogens with one attached hydrogen (secondary N) is 2. The Morgan fingerprint density at radius 3 is 2.68 bits per heavy atom. The molecule has 4 nitrogen and oxygen atoms in total.